The van der Waals surface area contributed by atoms with Crippen LogP contribution in [-0.2, 0) is 6.54 Å². The van der Waals surface area contributed by atoms with Crippen molar-refractivity contribution in [3.63, 3.8) is 0 Å². The fourth-order valence-electron chi connectivity index (χ4n) is 2.19. The van der Waals surface area contributed by atoms with Gasteiger partial charge in [0.1, 0.15) is 0 Å². The fraction of sp³-hybridized carbons (Fsp3) is 0.0625. The molecule has 0 radical (unpaired) electrons. The second-order valence-corrected chi connectivity index (χ2v) is 5.76. The predicted molar refractivity (Wildman–Crippen MR) is 87.7 cm³/mol. The molecule has 0 aliphatic rings. The number of thiophene rings is 1. The molecule has 0 bridgehead atoms. The predicted octanol–water partition coefficient (Wildman–Crippen LogP) is 2.78. The highest BCUT2D eigenvalue weighted by atomic mass is 32.1. The molecule has 0 saturated carbocycles. The molecule has 122 valence electrons. The van der Waals surface area contributed by atoms with Crippen LogP contribution in [-0.4, -0.2) is 25.9 Å². The summed E-state index contributed by atoms with van der Waals surface area (Å²) in [4.78, 5) is 27.9. The Balaban J connectivity index is 2.17. The van der Waals surface area contributed by atoms with Gasteiger partial charge in [0.2, 0.25) is 5.75 Å². The fourth-order valence-corrected chi connectivity index (χ4v) is 2.91. The number of rotatable bonds is 4. The number of aromatic hydroxyl groups is 1. The van der Waals surface area contributed by atoms with Gasteiger partial charge >= 0.3 is 6.16 Å². The average molecular weight is 344 g/mol. The van der Waals surface area contributed by atoms with Crippen LogP contribution in [0.3, 0.4) is 0 Å². The third-order valence-electron chi connectivity index (χ3n) is 3.22. The lowest BCUT2D eigenvalue weighted by Crippen LogP contribution is -2.24. The van der Waals surface area contributed by atoms with Gasteiger partial charge in [-0.15, -0.1) is 11.3 Å². The number of hydrogen-bond donors (Lipinski definition) is 2. The molecule has 7 nitrogen and oxygen atoms in total. The first kappa shape index (κ1) is 15.8. The number of benzene rings is 1. The minimum Gasteiger partial charge on any atom is -0.499 e. The molecule has 2 aromatic heterocycles. The number of ether oxygens (including phenoxy) is 1. The second kappa shape index (κ2) is 6.55. The van der Waals surface area contributed by atoms with E-state index in [4.69, 9.17) is 5.11 Å². The van der Waals surface area contributed by atoms with Crippen LogP contribution >= 0.6 is 11.3 Å². The van der Waals surface area contributed by atoms with Crippen molar-refractivity contribution in [2.45, 2.75) is 6.54 Å². The van der Waals surface area contributed by atoms with Crippen molar-refractivity contribution < 1.29 is 19.7 Å². The van der Waals surface area contributed by atoms with Crippen LogP contribution < -0.4 is 10.3 Å². The monoisotopic (exact) mass is 344 g/mol. The summed E-state index contributed by atoms with van der Waals surface area (Å²) in [6, 6.07) is 12.7. The molecule has 0 aliphatic heterocycles. The first-order chi connectivity index (χ1) is 11.6. The molecule has 0 unspecified atom stereocenters. The van der Waals surface area contributed by atoms with Crippen molar-refractivity contribution in [3.8, 4) is 22.3 Å². The number of nitrogens with zero attached hydrogens (tertiary/aromatic N) is 2. The van der Waals surface area contributed by atoms with Crippen molar-refractivity contribution in [1.82, 2.24) is 9.55 Å². The Hall–Kier alpha value is -3.13. The van der Waals surface area contributed by atoms with Gasteiger partial charge in [0.25, 0.3) is 11.4 Å². The minimum absolute atomic E-state index is 0.181. The summed E-state index contributed by atoms with van der Waals surface area (Å²) >= 11 is 1.34. The van der Waals surface area contributed by atoms with Gasteiger partial charge in [0.15, 0.2) is 5.82 Å². The van der Waals surface area contributed by atoms with Crippen molar-refractivity contribution in [2.75, 3.05) is 0 Å². The molecule has 3 rings (SSSR count). The Morgan fingerprint density at radius 3 is 2.58 bits per heavy atom. The van der Waals surface area contributed by atoms with E-state index in [0.717, 1.165) is 5.56 Å². The lowest BCUT2D eigenvalue weighted by Gasteiger charge is -2.13. The van der Waals surface area contributed by atoms with Gasteiger partial charge in [0.05, 0.1) is 11.4 Å². The van der Waals surface area contributed by atoms with Crippen LogP contribution in [0.4, 0.5) is 4.79 Å². The van der Waals surface area contributed by atoms with E-state index in [2.05, 4.69) is 9.72 Å². The topological polar surface area (TPSA) is 102 Å². The number of hydrogen-bond acceptors (Lipinski definition) is 6. The Bertz CT molecular complexity index is 920. The van der Waals surface area contributed by atoms with E-state index in [-0.39, 0.29) is 12.4 Å². The highest BCUT2D eigenvalue weighted by Gasteiger charge is 2.21. The van der Waals surface area contributed by atoms with Gasteiger partial charge in [-0.3, -0.25) is 9.36 Å². The van der Waals surface area contributed by atoms with E-state index >= 15 is 0 Å². The van der Waals surface area contributed by atoms with Crippen molar-refractivity contribution in [2.24, 2.45) is 0 Å². The zero-order valence-electron chi connectivity index (χ0n) is 12.2. The van der Waals surface area contributed by atoms with E-state index < -0.39 is 23.3 Å². The third-order valence-corrected chi connectivity index (χ3v) is 4.09. The first-order valence-corrected chi connectivity index (χ1v) is 7.76. The molecular formula is C16H12N2O5S. The smallest absolute Gasteiger partial charge is 0.499 e. The quantitative estimate of drug-likeness (QED) is 0.706. The average Bonchev–Trinajstić information content (AvgIpc) is 3.09. The maximum Gasteiger partial charge on any atom is 0.512 e. The Morgan fingerprint density at radius 2 is 1.96 bits per heavy atom. The van der Waals surface area contributed by atoms with E-state index in [1.807, 2.05) is 30.3 Å². The van der Waals surface area contributed by atoms with E-state index in [9.17, 15) is 14.7 Å². The lowest BCUT2D eigenvalue weighted by atomic mass is 10.2. The lowest BCUT2D eigenvalue weighted by molar-refractivity contribution is 0.140. The molecule has 0 saturated heterocycles. The van der Waals surface area contributed by atoms with Crippen LogP contribution in [0.25, 0.3) is 10.7 Å². The summed E-state index contributed by atoms with van der Waals surface area (Å²) in [5.74, 6) is -1.23. The van der Waals surface area contributed by atoms with Crippen molar-refractivity contribution in [3.05, 3.63) is 63.8 Å². The van der Waals surface area contributed by atoms with Crippen LogP contribution in [0.5, 0.6) is 11.6 Å². The van der Waals surface area contributed by atoms with Crippen molar-refractivity contribution >= 4 is 17.5 Å². The number of carbonyl (C=O) groups is 1. The molecule has 0 fully saturated rings. The summed E-state index contributed by atoms with van der Waals surface area (Å²) in [6.07, 6.45) is -1.66. The Morgan fingerprint density at radius 1 is 1.21 bits per heavy atom. The molecule has 2 heterocycles. The zero-order valence-corrected chi connectivity index (χ0v) is 13.1. The maximum atomic E-state index is 12.5. The highest BCUT2D eigenvalue weighted by molar-refractivity contribution is 7.13. The molecular weight excluding hydrogens is 332 g/mol. The molecule has 2 N–H and O–H groups in total. The van der Waals surface area contributed by atoms with Gasteiger partial charge in [-0.2, -0.15) is 4.98 Å². The van der Waals surface area contributed by atoms with Gasteiger partial charge in [-0.05, 0) is 17.0 Å². The molecule has 3 aromatic rings. The minimum atomic E-state index is -1.66. The second-order valence-electron chi connectivity index (χ2n) is 4.81. The summed E-state index contributed by atoms with van der Waals surface area (Å²) in [6.45, 7) is 0.181. The van der Waals surface area contributed by atoms with Crippen LogP contribution in [0.2, 0.25) is 0 Å². The zero-order chi connectivity index (χ0) is 17.1. The maximum absolute atomic E-state index is 12.5. The molecule has 0 amide bonds. The van der Waals surface area contributed by atoms with E-state index in [1.165, 1.54) is 15.9 Å². The molecule has 0 spiro atoms. The third kappa shape index (κ3) is 3.13. The van der Waals surface area contributed by atoms with E-state index in [1.54, 1.807) is 17.5 Å². The molecule has 0 atom stereocenters. The largest absolute Gasteiger partial charge is 0.512 e. The number of carboxylic acid groups (broad SMARTS) is 1. The van der Waals surface area contributed by atoms with Gasteiger partial charge in [-0.1, -0.05) is 36.4 Å². The van der Waals surface area contributed by atoms with Crippen molar-refractivity contribution in [1.29, 1.82) is 0 Å². The van der Waals surface area contributed by atoms with Crippen LogP contribution in [0.1, 0.15) is 5.56 Å². The Labute approximate surface area is 140 Å². The standard InChI is InChI=1S/C16H12N2O5S/c19-12-14(23-16(21)22)17-13(11-7-4-8-24-11)18(15(12)20)9-10-5-2-1-3-6-10/h1-8,19H,9H2,(H,21,22). The first-order valence-electron chi connectivity index (χ1n) is 6.88. The van der Waals surface area contributed by atoms with Gasteiger partial charge in [0, 0.05) is 0 Å². The van der Waals surface area contributed by atoms with E-state index in [0.29, 0.717) is 4.88 Å². The molecule has 1 aromatic carbocycles. The molecule has 8 heteroatoms. The molecule has 0 aliphatic carbocycles. The van der Waals surface area contributed by atoms with Gasteiger partial charge in [-0.25, -0.2) is 4.79 Å². The Kier molecular flexibility index (Phi) is 4.30. The molecule has 24 heavy (non-hydrogen) atoms. The SMILES string of the molecule is O=C(O)Oc1nc(-c2cccs2)n(Cc2ccccc2)c(=O)c1O. The summed E-state index contributed by atoms with van der Waals surface area (Å²) in [5.41, 5.74) is 0.0685. The summed E-state index contributed by atoms with van der Waals surface area (Å²) in [7, 11) is 0. The van der Waals surface area contributed by atoms with Crippen LogP contribution in [0.15, 0.2) is 52.6 Å². The number of aromatic nitrogens is 2. The van der Waals surface area contributed by atoms with Crippen LogP contribution in [0, 0.1) is 0 Å². The summed E-state index contributed by atoms with van der Waals surface area (Å²) in [5, 5.41) is 20.5. The summed E-state index contributed by atoms with van der Waals surface area (Å²) < 4.78 is 5.70. The van der Waals surface area contributed by atoms with Gasteiger partial charge < -0.3 is 14.9 Å². The normalized spacial score (nSPS) is 10.5. The highest BCUT2D eigenvalue weighted by Crippen LogP contribution is 2.28.